The normalized spacial score (nSPS) is 10.9. The summed E-state index contributed by atoms with van der Waals surface area (Å²) < 4.78 is 0. The van der Waals surface area contributed by atoms with E-state index in [2.05, 4.69) is 0 Å². The molecule has 0 saturated heterocycles. The minimum absolute atomic E-state index is 0.220. The lowest BCUT2D eigenvalue weighted by atomic mass is 9.72. The lowest BCUT2D eigenvalue weighted by molar-refractivity contribution is 0.0651. The second-order valence-electron chi connectivity index (χ2n) is 10.3. The van der Waals surface area contributed by atoms with Gasteiger partial charge in [0.15, 0.2) is 0 Å². The van der Waals surface area contributed by atoms with Crippen LogP contribution in [0.3, 0.4) is 0 Å². The third-order valence-corrected chi connectivity index (χ3v) is 7.71. The summed E-state index contributed by atoms with van der Waals surface area (Å²) in [6.07, 6.45) is 0. The van der Waals surface area contributed by atoms with Crippen LogP contribution in [0.5, 0.6) is 0 Å². The first-order valence-electron chi connectivity index (χ1n) is 14.0. The highest BCUT2D eigenvalue weighted by molar-refractivity contribution is 6.14. The average molecular weight is 561 g/mol. The van der Waals surface area contributed by atoms with Crippen molar-refractivity contribution in [3.63, 3.8) is 0 Å². The Morgan fingerprint density at radius 1 is 0.395 bits per heavy atom. The van der Waals surface area contributed by atoms with Gasteiger partial charge in [0.05, 0.1) is 11.1 Å². The topological polar surface area (TPSA) is 74.6 Å². The zero-order chi connectivity index (χ0) is 29.8. The average Bonchev–Trinajstić information content (AvgIpc) is 3.06. The lowest BCUT2D eigenvalue weighted by Crippen LogP contribution is -2.19. The van der Waals surface area contributed by atoms with Gasteiger partial charge in [0.25, 0.3) is 0 Å². The molecule has 0 spiro atoms. The molecule has 0 fully saturated rings. The molecule has 6 aromatic rings. The zero-order valence-corrected chi connectivity index (χ0v) is 23.2. The van der Waals surface area contributed by atoms with Crippen LogP contribution in [0.25, 0.3) is 33.4 Å². The summed E-state index contributed by atoms with van der Waals surface area (Å²) in [5.74, 6) is -3.17. The quantitative estimate of drug-likeness (QED) is 0.182. The Morgan fingerprint density at radius 3 is 1.09 bits per heavy atom. The molecule has 0 aliphatic rings. The molecule has 0 bridgehead atoms. The molecule has 6 rings (SSSR count). The molecular weight excluding hydrogens is 532 g/mol. The SMILES string of the molecule is O=C(O)c1c(C(=O)O)c(C(c2ccccc2)c2ccccc2)c(-c2ccccc2)c(-c2ccccc2)c1-c1ccccc1. The van der Waals surface area contributed by atoms with Crippen molar-refractivity contribution in [1.29, 1.82) is 0 Å². The van der Waals surface area contributed by atoms with Gasteiger partial charge in [-0.15, -0.1) is 0 Å². The van der Waals surface area contributed by atoms with E-state index in [1.807, 2.05) is 152 Å². The summed E-state index contributed by atoms with van der Waals surface area (Å²) in [5, 5.41) is 21.9. The Kier molecular flexibility index (Phi) is 7.66. The van der Waals surface area contributed by atoms with Crippen LogP contribution in [-0.4, -0.2) is 22.2 Å². The van der Waals surface area contributed by atoms with Gasteiger partial charge < -0.3 is 10.2 Å². The molecule has 0 aliphatic carbocycles. The molecule has 0 radical (unpaired) electrons. The summed E-state index contributed by atoms with van der Waals surface area (Å²) in [7, 11) is 0. The van der Waals surface area contributed by atoms with Gasteiger partial charge in [0, 0.05) is 11.5 Å². The summed E-state index contributed by atoms with van der Waals surface area (Å²) in [5.41, 5.74) is 5.65. The van der Waals surface area contributed by atoms with Crippen LogP contribution < -0.4 is 0 Å². The maximum Gasteiger partial charge on any atom is 0.337 e. The third kappa shape index (κ3) is 5.22. The van der Waals surface area contributed by atoms with E-state index >= 15 is 0 Å². The van der Waals surface area contributed by atoms with Crippen molar-refractivity contribution in [3.8, 4) is 33.4 Å². The van der Waals surface area contributed by atoms with Crippen molar-refractivity contribution in [1.82, 2.24) is 0 Å². The molecular formula is C39H28O4. The van der Waals surface area contributed by atoms with Crippen molar-refractivity contribution < 1.29 is 19.8 Å². The minimum atomic E-state index is -1.30. The fraction of sp³-hybridized carbons (Fsp3) is 0.0256. The van der Waals surface area contributed by atoms with Crippen molar-refractivity contribution in [3.05, 3.63) is 179 Å². The number of carboxylic acids is 2. The number of carbonyl (C=O) groups is 2. The minimum Gasteiger partial charge on any atom is -0.478 e. The third-order valence-electron chi connectivity index (χ3n) is 7.71. The molecule has 43 heavy (non-hydrogen) atoms. The van der Waals surface area contributed by atoms with E-state index in [1.54, 1.807) is 0 Å². The molecule has 2 N–H and O–H groups in total. The van der Waals surface area contributed by atoms with Crippen LogP contribution in [0.1, 0.15) is 43.3 Å². The summed E-state index contributed by atoms with van der Waals surface area (Å²) >= 11 is 0. The van der Waals surface area contributed by atoms with Gasteiger partial charge in [-0.25, -0.2) is 9.59 Å². The van der Waals surface area contributed by atoms with Crippen molar-refractivity contribution in [2.24, 2.45) is 0 Å². The van der Waals surface area contributed by atoms with Crippen LogP contribution in [0.2, 0.25) is 0 Å². The molecule has 0 aliphatic heterocycles. The molecule has 0 heterocycles. The molecule has 0 unspecified atom stereocenters. The number of benzene rings is 6. The fourth-order valence-corrected chi connectivity index (χ4v) is 6.00. The van der Waals surface area contributed by atoms with Gasteiger partial charge in [-0.1, -0.05) is 152 Å². The van der Waals surface area contributed by atoms with Gasteiger partial charge >= 0.3 is 11.9 Å². The van der Waals surface area contributed by atoms with Gasteiger partial charge in [0.1, 0.15) is 0 Å². The van der Waals surface area contributed by atoms with E-state index in [0.29, 0.717) is 27.8 Å². The van der Waals surface area contributed by atoms with E-state index in [9.17, 15) is 19.8 Å². The second kappa shape index (κ2) is 12.0. The van der Waals surface area contributed by atoms with Crippen LogP contribution in [0.4, 0.5) is 0 Å². The first-order valence-corrected chi connectivity index (χ1v) is 14.0. The Labute approximate surface area is 250 Å². The molecule has 4 heteroatoms. The second-order valence-corrected chi connectivity index (χ2v) is 10.3. The number of carboxylic acid groups (broad SMARTS) is 2. The van der Waals surface area contributed by atoms with Gasteiger partial charge in [0.2, 0.25) is 0 Å². The van der Waals surface area contributed by atoms with E-state index in [1.165, 1.54) is 0 Å². The predicted octanol–water partition coefficient (Wildman–Crippen LogP) is 9.26. The molecule has 0 atom stereocenters. The number of rotatable bonds is 8. The Balaban J connectivity index is 1.93. The highest BCUT2D eigenvalue weighted by Gasteiger charge is 2.36. The van der Waals surface area contributed by atoms with Crippen LogP contribution in [0, 0.1) is 0 Å². The number of hydrogen-bond donors (Lipinski definition) is 2. The zero-order valence-electron chi connectivity index (χ0n) is 23.2. The first kappa shape index (κ1) is 27.4. The number of aromatic carboxylic acids is 2. The van der Waals surface area contributed by atoms with Crippen molar-refractivity contribution >= 4 is 11.9 Å². The number of hydrogen-bond acceptors (Lipinski definition) is 2. The van der Waals surface area contributed by atoms with Crippen molar-refractivity contribution in [2.45, 2.75) is 5.92 Å². The Morgan fingerprint density at radius 2 is 0.721 bits per heavy atom. The maximum absolute atomic E-state index is 13.5. The van der Waals surface area contributed by atoms with E-state index in [0.717, 1.165) is 22.3 Å². The largest absolute Gasteiger partial charge is 0.478 e. The molecule has 6 aromatic carbocycles. The highest BCUT2D eigenvalue weighted by atomic mass is 16.4. The van der Waals surface area contributed by atoms with Gasteiger partial charge in [-0.2, -0.15) is 0 Å². The fourth-order valence-electron chi connectivity index (χ4n) is 6.00. The highest BCUT2D eigenvalue weighted by Crippen LogP contribution is 2.50. The molecule has 0 saturated carbocycles. The molecule has 0 aromatic heterocycles. The lowest BCUT2D eigenvalue weighted by Gasteiger charge is -2.30. The Bertz CT molecular complexity index is 1840. The van der Waals surface area contributed by atoms with Crippen LogP contribution >= 0.6 is 0 Å². The summed E-state index contributed by atoms with van der Waals surface area (Å²) in [4.78, 5) is 26.8. The first-order chi connectivity index (χ1) is 21.1. The Hall–Kier alpha value is -5.74. The molecule has 0 amide bonds. The summed E-state index contributed by atoms with van der Waals surface area (Å²) in [6.45, 7) is 0. The van der Waals surface area contributed by atoms with E-state index in [-0.39, 0.29) is 11.1 Å². The van der Waals surface area contributed by atoms with E-state index < -0.39 is 17.9 Å². The van der Waals surface area contributed by atoms with E-state index in [4.69, 9.17) is 0 Å². The molecule has 4 nitrogen and oxygen atoms in total. The standard InChI is InChI=1S/C39H28O4/c40-38(41)36-34(30-24-14-5-15-25-30)32(28-20-10-3-11-21-28)33(29-22-12-4-13-23-29)35(37(36)39(42)43)31(26-16-6-1-7-17-26)27-18-8-2-9-19-27/h1-25,31H,(H,40,41)(H,42,43). The maximum atomic E-state index is 13.5. The van der Waals surface area contributed by atoms with Crippen LogP contribution in [0.15, 0.2) is 152 Å². The van der Waals surface area contributed by atoms with Crippen molar-refractivity contribution in [2.75, 3.05) is 0 Å². The molecule has 208 valence electrons. The van der Waals surface area contributed by atoms with Gasteiger partial charge in [-0.3, -0.25) is 0 Å². The smallest absolute Gasteiger partial charge is 0.337 e. The predicted molar refractivity (Wildman–Crippen MR) is 170 cm³/mol. The van der Waals surface area contributed by atoms with Crippen LogP contribution in [-0.2, 0) is 0 Å². The van der Waals surface area contributed by atoms with Gasteiger partial charge in [-0.05, 0) is 44.5 Å². The summed E-state index contributed by atoms with van der Waals surface area (Å²) in [6, 6.07) is 47.9. The monoisotopic (exact) mass is 560 g/mol.